The molecule has 13 heteroatoms. The molecule has 0 aliphatic heterocycles. The number of fused-ring (bicyclic) bond motifs is 1. The van der Waals surface area contributed by atoms with Gasteiger partial charge in [-0.3, -0.25) is 25.0 Å². The van der Waals surface area contributed by atoms with Crippen molar-refractivity contribution in [2.75, 3.05) is 5.01 Å². The van der Waals surface area contributed by atoms with Gasteiger partial charge in [0, 0.05) is 17.0 Å². The number of amides is 1. The number of anilines is 1. The first-order valence-electron chi connectivity index (χ1n) is 8.74. The summed E-state index contributed by atoms with van der Waals surface area (Å²) in [7, 11) is 0. The first-order valence-corrected chi connectivity index (χ1v) is 10.4. The molecule has 0 spiro atoms. The van der Waals surface area contributed by atoms with E-state index in [1.54, 1.807) is 17.5 Å². The number of aromatic nitrogens is 1. The molecular formula is C19H10FN5O5S2. The summed E-state index contributed by atoms with van der Waals surface area (Å²) >= 11 is 2.33. The molecule has 0 radical (unpaired) electrons. The van der Waals surface area contributed by atoms with E-state index >= 15 is 0 Å². The number of carbonyl (C=O) groups is 1. The second kappa shape index (κ2) is 8.56. The van der Waals surface area contributed by atoms with Gasteiger partial charge in [0.25, 0.3) is 17.3 Å². The summed E-state index contributed by atoms with van der Waals surface area (Å²) < 4.78 is 14.0. The fourth-order valence-corrected chi connectivity index (χ4v) is 4.22. The van der Waals surface area contributed by atoms with Gasteiger partial charge < -0.3 is 0 Å². The monoisotopic (exact) mass is 471 g/mol. The molecule has 0 aliphatic rings. The molecule has 0 aliphatic carbocycles. The van der Waals surface area contributed by atoms with Gasteiger partial charge in [-0.1, -0.05) is 17.4 Å². The predicted molar refractivity (Wildman–Crippen MR) is 118 cm³/mol. The third-order valence-electron chi connectivity index (χ3n) is 4.13. The highest BCUT2D eigenvalue weighted by molar-refractivity contribution is 7.22. The lowest BCUT2D eigenvalue weighted by Crippen LogP contribution is -2.25. The number of thiazole rings is 1. The van der Waals surface area contributed by atoms with Gasteiger partial charge in [-0.05, 0) is 29.6 Å². The summed E-state index contributed by atoms with van der Waals surface area (Å²) in [6, 6.07) is 10.1. The van der Waals surface area contributed by atoms with Gasteiger partial charge in [0.15, 0.2) is 0 Å². The van der Waals surface area contributed by atoms with Gasteiger partial charge in [0.05, 0.1) is 37.9 Å². The molecule has 0 atom stereocenters. The van der Waals surface area contributed by atoms with Crippen molar-refractivity contribution >= 4 is 61.5 Å². The Bertz CT molecular complexity index is 1350. The molecule has 2 aromatic heterocycles. The number of nitro benzene ring substituents is 2. The molecule has 0 unspecified atom stereocenters. The van der Waals surface area contributed by atoms with Crippen LogP contribution in [0.1, 0.15) is 15.2 Å². The molecule has 1 amide bonds. The molecule has 0 N–H and O–H groups in total. The molecule has 0 fully saturated rings. The zero-order chi connectivity index (χ0) is 22.8. The number of hydrogen-bond acceptors (Lipinski definition) is 9. The van der Waals surface area contributed by atoms with Crippen LogP contribution in [0.25, 0.3) is 10.2 Å². The van der Waals surface area contributed by atoms with E-state index in [-0.39, 0.29) is 10.7 Å². The largest absolute Gasteiger partial charge is 0.281 e. The minimum absolute atomic E-state index is 0.0672. The summed E-state index contributed by atoms with van der Waals surface area (Å²) in [6.07, 6.45) is 1.39. The Morgan fingerprint density at radius 2 is 1.81 bits per heavy atom. The van der Waals surface area contributed by atoms with Crippen LogP contribution in [0.15, 0.2) is 59.0 Å². The number of thiophene rings is 1. The Morgan fingerprint density at radius 1 is 1.09 bits per heavy atom. The maximum atomic E-state index is 13.6. The highest BCUT2D eigenvalue weighted by Gasteiger charge is 2.26. The van der Waals surface area contributed by atoms with Crippen LogP contribution in [0.3, 0.4) is 0 Å². The van der Waals surface area contributed by atoms with Crippen LogP contribution in [0.5, 0.6) is 0 Å². The van der Waals surface area contributed by atoms with E-state index < -0.39 is 32.9 Å². The Hall–Kier alpha value is -4.10. The van der Waals surface area contributed by atoms with E-state index in [0.29, 0.717) is 15.1 Å². The zero-order valence-corrected chi connectivity index (χ0v) is 17.4. The molecule has 0 bridgehead atoms. The lowest BCUT2D eigenvalue weighted by molar-refractivity contribution is -0.394. The number of non-ortho nitro benzene ring substituents is 2. The summed E-state index contributed by atoms with van der Waals surface area (Å²) in [4.78, 5) is 39.0. The minimum atomic E-state index is -0.871. The maximum Gasteiger partial charge on any atom is 0.281 e. The molecule has 160 valence electrons. The number of hydrogen-bond donors (Lipinski definition) is 0. The number of rotatable bonds is 6. The Labute approximate surface area is 186 Å². The Morgan fingerprint density at radius 3 is 2.44 bits per heavy atom. The summed E-state index contributed by atoms with van der Waals surface area (Å²) in [5, 5.41) is 29.3. The maximum absolute atomic E-state index is 13.6. The second-order valence-electron chi connectivity index (χ2n) is 6.24. The smallest absolute Gasteiger partial charge is 0.267 e. The standard InChI is InChI=1S/C19H10FN5O5S2/c20-12-3-4-16-17(8-12)32-19(22-16)23(21-10-15-2-1-5-31-15)18(26)11-6-13(24(27)28)9-14(7-11)25(29)30/h1-10H/b21-10+. The quantitative estimate of drug-likeness (QED) is 0.221. The lowest BCUT2D eigenvalue weighted by Gasteiger charge is -2.13. The average Bonchev–Trinajstić information content (AvgIpc) is 3.42. The molecule has 32 heavy (non-hydrogen) atoms. The molecular weight excluding hydrogens is 461 g/mol. The van der Waals surface area contributed by atoms with E-state index in [0.717, 1.165) is 34.5 Å². The van der Waals surface area contributed by atoms with E-state index in [4.69, 9.17) is 0 Å². The van der Waals surface area contributed by atoms with Gasteiger partial charge in [-0.25, -0.2) is 9.37 Å². The molecule has 0 saturated carbocycles. The second-order valence-corrected chi connectivity index (χ2v) is 8.23. The highest BCUT2D eigenvalue weighted by Crippen LogP contribution is 2.32. The van der Waals surface area contributed by atoms with E-state index in [1.165, 1.54) is 35.8 Å². The van der Waals surface area contributed by atoms with Crippen molar-refractivity contribution in [3.05, 3.63) is 90.4 Å². The van der Waals surface area contributed by atoms with Crippen molar-refractivity contribution in [2.24, 2.45) is 5.10 Å². The Balaban J connectivity index is 1.83. The SMILES string of the molecule is O=C(c1cc([N+](=O)[O-])cc([N+](=O)[O-])c1)N(/N=C/c1cccs1)c1nc2ccc(F)cc2s1. The van der Waals surface area contributed by atoms with Crippen molar-refractivity contribution in [1.82, 2.24) is 4.98 Å². The van der Waals surface area contributed by atoms with Crippen LogP contribution < -0.4 is 5.01 Å². The number of hydrazone groups is 1. The predicted octanol–water partition coefficient (Wildman–Crippen LogP) is 4.99. The summed E-state index contributed by atoms with van der Waals surface area (Å²) in [6.45, 7) is 0. The van der Waals surface area contributed by atoms with Crippen LogP contribution in [0, 0.1) is 26.0 Å². The zero-order valence-electron chi connectivity index (χ0n) is 15.7. The van der Waals surface area contributed by atoms with Gasteiger partial charge >= 0.3 is 0 Å². The molecule has 4 rings (SSSR count). The first kappa shape index (κ1) is 21.1. The lowest BCUT2D eigenvalue weighted by atomic mass is 10.1. The number of halogens is 1. The van der Waals surface area contributed by atoms with E-state index in [1.807, 2.05) is 0 Å². The summed E-state index contributed by atoms with van der Waals surface area (Å²) in [5.41, 5.74) is -1.13. The number of benzene rings is 2. The topological polar surface area (TPSA) is 132 Å². The Kier molecular flexibility index (Phi) is 5.66. The highest BCUT2D eigenvalue weighted by atomic mass is 32.1. The minimum Gasteiger partial charge on any atom is -0.267 e. The summed E-state index contributed by atoms with van der Waals surface area (Å²) in [5.74, 6) is -1.36. The van der Waals surface area contributed by atoms with Gasteiger partial charge in [-0.2, -0.15) is 10.1 Å². The fourth-order valence-electron chi connectivity index (χ4n) is 2.70. The number of nitro groups is 2. The fraction of sp³-hybridized carbons (Fsp3) is 0. The normalized spacial score (nSPS) is 11.2. The third-order valence-corrected chi connectivity index (χ3v) is 5.93. The van der Waals surface area contributed by atoms with Gasteiger partial charge in [0.2, 0.25) is 5.13 Å². The van der Waals surface area contributed by atoms with Crippen LogP contribution in [-0.2, 0) is 0 Å². The first-order chi connectivity index (χ1) is 15.3. The third kappa shape index (κ3) is 4.33. The van der Waals surface area contributed by atoms with Crippen LogP contribution >= 0.6 is 22.7 Å². The van der Waals surface area contributed by atoms with Crippen molar-refractivity contribution in [2.45, 2.75) is 0 Å². The molecule has 10 nitrogen and oxygen atoms in total. The van der Waals surface area contributed by atoms with Crippen molar-refractivity contribution < 1.29 is 19.0 Å². The van der Waals surface area contributed by atoms with Gasteiger partial charge in [0.1, 0.15) is 5.82 Å². The van der Waals surface area contributed by atoms with Gasteiger partial charge in [-0.15, -0.1) is 11.3 Å². The molecule has 2 aromatic carbocycles. The van der Waals surface area contributed by atoms with E-state index in [2.05, 4.69) is 10.1 Å². The molecule has 4 aromatic rings. The van der Waals surface area contributed by atoms with Crippen molar-refractivity contribution in [1.29, 1.82) is 0 Å². The molecule has 0 saturated heterocycles. The average molecular weight is 471 g/mol. The number of carbonyl (C=O) groups excluding carboxylic acids is 1. The van der Waals surface area contributed by atoms with Crippen LogP contribution in [0.2, 0.25) is 0 Å². The number of nitrogens with zero attached hydrogens (tertiary/aromatic N) is 5. The molecule has 2 heterocycles. The van der Waals surface area contributed by atoms with Crippen molar-refractivity contribution in [3.63, 3.8) is 0 Å². The van der Waals surface area contributed by atoms with Crippen LogP contribution in [0.4, 0.5) is 20.9 Å². The van der Waals surface area contributed by atoms with E-state index in [9.17, 15) is 29.4 Å². The van der Waals surface area contributed by atoms with Crippen molar-refractivity contribution in [3.8, 4) is 0 Å². The van der Waals surface area contributed by atoms with Crippen LogP contribution in [-0.4, -0.2) is 27.0 Å².